The Morgan fingerprint density at radius 2 is 1.92 bits per heavy atom. The summed E-state index contributed by atoms with van der Waals surface area (Å²) >= 11 is 0. The summed E-state index contributed by atoms with van der Waals surface area (Å²) in [5.41, 5.74) is -1.55. The van der Waals surface area contributed by atoms with Gasteiger partial charge in [0, 0.05) is 23.1 Å². The lowest BCUT2D eigenvalue weighted by atomic mass is 10.0. The van der Waals surface area contributed by atoms with Crippen molar-refractivity contribution in [1.82, 2.24) is 25.2 Å². The van der Waals surface area contributed by atoms with Crippen molar-refractivity contribution in [3.63, 3.8) is 0 Å². The number of allylic oxidation sites excluding steroid dienone is 1. The molecule has 4 aliphatic rings. The summed E-state index contributed by atoms with van der Waals surface area (Å²) in [6.07, 6.45) is 4.16. The molecule has 15 nitrogen and oxygen atoms in total. The lowest BCUT2D eigenvalue weighted by Crippen LogP contribution is -2.60. The van der Waals surface area contributed by atoms with Crippen molar-refractivity contribution in [3.05, 3.63) is 42.6 Å². The zero-order chi connectivity index (χ0) is 35.8. The van der Waals surface area contributed by atoms with Crippen LogP contribution in [-0.2, 0) is 29.1 Å². The van der Waals surface area contributed by atoms with Crippen LogP contribution in [0.15, 0.2) is 42.6 Å². The molecule has 0 spiro atoms. The van der Waals surface area contributed by atoms with E-state index in [1.807, 2.05) is 37.3 Å². The molecule has 3 heterocycles. The van der Waals surface area contributed by atoms with E-state index in [4.69, 9.17) is 14.2 Å². The third kappa shape index (κ3) is 7.22. The molecule has 16 heteroatoms. The van der Waals surface area contributed by atoms with Crippen LogP contribution in [0.5, 0.6) is 11.6 Å². The Kier molecular flexibility index (Phi) is 9.95. The number of nitrogens with one attached hydrogen (secondary N) is 3. The van der Waals surface area contributed by atoms with E-state index in [1.54, 1.807) is 13.0 Å². The molecule has 6 rings (SSSR count). The number of sulfonamides is 1. The van der Waals surface area contributed by atoms with E-state index in [2.05, 4.69) is 20.3 Å². The average molecular weight is 714 g/mol. The largest absolute Gasteiger partial charge is 0.494 e. The van der Waals surface area contributed by atoms with Gasteiger partial charge < -0.3 is 34.9 Å². The second-order valence-electron chi connectivity index (χ2n) is 13.4. The van der Waals surface area contributed by atoms with Crippen molar-refractivity contribution in [2.45, 2.75) is 100.0 Å². The summed E-state index contributed by atoms with van der Waals surface area (Å²) in [4.78, 5) is 59.9. The van der Waals surface area contributed by atoms with E-state index in [9.17, 15) is 32.7 Å². The van der Waals surface area contributed by atoms with Crippen LogP contribution in [0.2, 0.25) is 0 Å². The number of benzene rings is 1. The standard InChI is InChI=1S/C34H43N5O10S/c1-4-26-28(36-33(43)44)31(41)39-18-21(49-30-24-12-8-7-11-23(24)27(47-3)17-35-30)15-25(39)29(40)37-34(32(42)38-50(45,46)22-13-14-22)16-20(34)10-6-5-9-19(2)48-26/h6-8,10-12,17,19-22,25-26,28,36H,4-5,9,13-16,18H2,1-3H3,(H,37,40)(H,38,42)(H,43,44)/b10-6-/t19-,20-,21-,25+,26+,28+,34-/m1/s1. The van der Waals surface area contributed by atoms with Gasteiger partial charge in [-0.25, -0.2) is 18.2 Å². The van der Waals surface area contributed by atoms with E-state index in [0.717, 1.165) is 5.39 Å². The Morgan fingerprint density at radius 3 is 2.60 bits per heavy atom. The maximum atomic E-state index is 14.4. The number of methoxy groups -OCH3 is 1. The number of pyridine rings is 1. The van der Waals surface area contributed by atoms with Crippen LogP contribution < -0.4 is 24.8 Å². The van der Waals surface area contributed by atoms with Crippen LogP contribution in [0.25, 0.3) is 10.8 Å². The van der Waals surface area contributed by atoms with Gasteiger partial charge in [0.05, 0.1) is 37.3 Å². The van der Waals surface area contributed by atoms with Crippen molar-refractivity contribution >= 4 is 44.6 Å². The smallest absolute Gasteiger partial charge is 0.405 e. The van der Waals surface area contributed by atoms with Crippen LogP contribution in [-0.4, -0.2) is 102 Å². The molecule has 3 fully saturated rings. The first-order valence-electron chi connectivity index (χ1n) is 16.9. The molecule has 0 bridgehead atoms. The highest BCUT2D eigenvalue weighted by Gasteiger charge is 2.62. The van der Waals surface area contributed by atoms with Crippen molar-refractivity contribution in [1.29, 1.82) is 0 Å². The zero-order valence-corrected chi connectivity index (χ0v) is 29.0. The zero-order valence-electron chi connectivity index (χ0n) is 28.2. The number of nitrogens with zero attached hydrogens (tertiary/aromatic N) is 2. The summed E-state index contributed by atoms with van der Waals surface area (Å²) in [6.45, 7) is 3.50. The van der Waals surface area contributed by atoms with Gasteiger partial charge in [0.2, 0.25) is 27.7 Å². The number of aromatic nitrogens is 1. The first-order valence-corrected chi connectivity index (χ1v) is 18.5. The van der Waals surface area contributed by atoms with Crippen molar-refractivity contribution < 1.29 is 46.9 Å². The van der Waals surface area contributed by atoms with Gasteiger partial charge >= 0.3 is 6.09 Å². The molecule has 4 N–H and O–H groups in total. The molecule has 4 amide bonds. The first-order chi connectivity index (χ1) is 23.9. The summed E-state index contributed by atoms with van der Waals surface area (Å²) in [5, 5.41) is 15.6. The van der Waals surface area contributed by atoms with Crippen molar-refractivity contribution in [3.8, 4) is 11.6 Å². The van der Waals surface area contributed by atoms with Gasteiger partial charge in [0.15, 0.2) is 0 Å². The maximum absolute atomic E-state index is 14.4. The Balaban J connectivity index is 1.35. The van der Waals surface area contributed by atoms with Gasteiger partial charge in [-0.1, -0.05) is 37.3 Å². The quantitative estimate of drug-likeness (QED) is 0.292. The second kappa shape index (κ2) is 14.1. The van der Waals surface area contributed by atoms with Gasteiger partial charge in [0.25, 0.3) is 5.91 Å². The molecule has 1 saturated heterocycles. The lowest BCUT2D eigenvalue weighted by molar-refractivity contribution is -0.145. The topological polar surface area (TPSA) is 203 Å². The Labute approximate surface area is 290 Å². The van der Waals surface area contributed by atoms with Gasteiger partial charge in [-0.05, 0) is 51.5 Å². The normalized spacial score (nSPS) is 30.9. The van der Waals surface area contributed by atoms with E-state index in [-0.39, 0.29) is 31.4 Å². The number of carboxylic acid groups (broad SMARTS) is 1. The number of carbonyl (C=O) groups is 4. The molecule has 270 valence electrons. The molecule has 0 unspecified atom stereocenters. The number of rotatable bonds is 8. The molecule has 2 saturated carbocycles. The highest BCUT2D eigenvalue weighted by atomic mass is 32.2. The van der Waals surface area contributed by atoms with Crippen LogP contribution in [0, 0.1) is 5.92 Å². The van der Waals surface area contributed by atoms with E-state index in [1.165, 1.54) is 18.2 Å². The third-order valence-corrected chi connectivity index (χ3v) is 11.7. The highest BCUT2D eigenvalue weighted by Crippen LogP contribution is 2.46. The predicted octanol–water partition coefficient (Wildman–Crippen LogP) is 2.24. The fourth-order valence-electron chi connectivity index (χ4n) is 6.89. The number of fused-ring (bicyclic) bond motifs is 3. The van der Waals surface area contributed by atoms with E-state index in [0.29, 0.717) is 43.2 Å². The summed E-state index contributed by atoms with van der Waals surface area (Å²) in [5.74, 6) is -1.93. The minimum Gasteiger partial charge on any atom is -0.494 e. The number of carbonyl (C=O) groups excluding carboxylic acids is 3. The van der Waals surface area contributed by atoms with Crippen LogP contribution in [0.4, 0.5) is 4.79 Å². The summed E-state index contributed by atoms with van der Waals surface area (Å²) in [6, 6.07) is 4.75. The number of ether oxygens (including phenoxy) is 3. The Morgan fingerprint density at radius 1 is 1.18 bits per heavy atom. The average Bonchev–Trinajstić information content (AvgIpc) is 4.01. The number of hydrogen-bond donors (Lipinski definition) is 4. The summed E-state index contributed by atoms with van der Waals surface area (Å²) in [7, 11) is -2.39. The molecule has 2 aromatic rings. The fourth-order valence-corrected chi connectivity index (χ4v) is 8.25. The maximum Gasteiger partial charge on any atom is 0.405 e. The van der Waals surface area contributed by atoms with Crippen LogP contribution >= 0.6 is 0 Å². The van der Waals surface area contributed by atoms with Gasteiger partial charge in [-0.3, -0.25) is 19.1 Å². The van der Waals surface area contributed by atoms with Crippen molar-refractivity contribution in [2.24, 2.45) is 5.92 Å². The second-order valence-corrected chi connectivity index (χ2v) is 15.4. The minimum absolute atomic E-state index is 0.0218. The Bertz CT molecular complexity index is 1800. The molecular formula is C34H43N5O10S. The first kappa shape index (κ1) is 35.4. The van der Waals surface area contributed by atoms with Gasteiger partial charge in [-0.2, -0.15) is 0 Å². The molecule has 2 aliphatic heterocycles. The SMILES string of the molecule is CC[C@@H]1O[C@H](C)CC/C=C\[C@@H]2C[C@@]2(C(=O)NS(=O)(=O)C2CC2)NC(=O)[C@@H]2C[C@@H](Oc3ncc(OC)c4ccccc34)CN2C(=O)[C@H]1NC(=O)O. The Hall–Kier alpha value is -4.44. The molecule has 0 radical (unpaired) electrons. The number of amides is 4. The molecule has 1 aromatic carbocycles. The van der Waals surface area contributed by atoms with Gasteiger partial charge in [-0.15, -0.1) is 0 Å². The molecule has 7 atom stereocenters. The minimum atomic E-state index is -3.91. The molecule has 2 aliphatic carbocycles. The number of hydrogen-bond acceptors (Lipinski definition) is 10. The van der Waals surface area contributed by atoms with Crippen molar-refractivity contribution in [2.75, 3.05) is 13.7 Å². The fraction of sp³-hybridized carbons (Fsp3) is 0.559. The van der Waals surface area contributed by atoms with Gasteiger partial charge in [0.1, 0.15) is 29.5 Å². The summed E-state index contributed by atoms with van der Waals surface area (Å²) < 4.78 is 45.7. The molecule has 1 aromatic heterocycles. The lowest BCUT2D eigenvalue weighted by Gasteiger charge is -2.33. The third-order valence-electron chi connectivity index (χ3n) is 9.87. The predicted molar refractivity (Wildman–Crippen MR) is 180 cm³/mol. The van der Waals surface area contributed by atoms with E-state index < -0.39 is 74.8 Å². The monoisotopic (exact) mass is 713 g/mol. The molecule has 50 heavy (non-hydrogen) atoms. The van der Waals surface area contributed by atoms with Crippen LogP contribution in [0.3, 0.4) is 0 Å². The highest BCUT2D eigenvalue weighted by molar-refractivity contribution is 7.91. The van der Waals surface area contributed by atoms with Crippen LogP contribution in [0.1, 0.15) is 58.8 Å². The van der Waals surface area contributed by atoms with E-state index >= 15 is 0 Å². The molecular weight excluding hydrogens is 670 g/mol.